The molecule has 5 nitrogen and oxygen atoms in total. The molecule has 1 aromatic carbocycles. The summed E-state index contributed by atoms with van der Waals surface area (Å²) in [6.45, 7) is 1.43. The molecule has 0 amide bonds. The number of aliphatic hydroxyl groups excluding tert-OH is 2. The molecule has 0 saturated carbocycles. The molecule has 0 spiro atoms. The number of aromatic amines is 1. The van der Waals surface area contributed by atoms with Crippen molar-refractivity contribution in [3.8, 4) is 11.3 Å². The van der Waals surface area contributed by atoms with Crippen LogP contribution in [-0.4, -0.2) is 37.4 Å². The van der Waals surface area contributed by atoms with Gasteiger partial charge in [-0.1, -0.05) is 42.1 Å². The van der Waals surface area contributed by atoms with Crippen LogP contribution in [-0.2, 0) is 4.79 Å². The van der Waals surface area contributed by atoms with Crippen LogP contribution in [0.3, 0.4) is 0 Å². The van der Waals surface area contributed by atoms with E-state index in [2.05, 4.69) is 10.2 Å². The van der Waals surface area contributed by atoms with Crippen molar-refractivity contribution in [2.45, 2.75) is 19.1 Å². The standard InChI is InChI=1S/C14H16N2O3S/c1-9(17)20-8-12(18)14(19)11-7-15-16-13(11)10-5-3-2-4-6-10/h2-7,12,14,18-19H,8H2,1H3,(H,15,16). The molecule has 0 aliphatic heterocycles. The van der Waals surface area contributed by atoms with E-state index >= 15 is 0 Å². The zero-order valence-electron chi connectivity index (χ0n) is 11.0. The molecule has 0 aliphatic rings. The Balaban J connectivity index is 2.17. The van der Waals surface area contributed by atoms with Crippen LogP contribution in [0.25, 0.3) is 11.3 Å². The first-order valence-electron chi connectivity index (χ1n) is 6.17. The van der Waals surface area contributed by atoms with Gasteiger partial charge >= 0.3 is 0 Å². The van der Waals surface area contributed by atoms with Gasteiger partial charge in [-0.2, -0.15) is 5.10 Å². The molecule has 0 bridgehead atoms. The number of hydrogen-bond acceptors (Lipinski definition) is 5. The van der Waals surface area contributed by atoms with Gasteiger partial charge in [-0.3, -0.25) is 9.89 Å². The first-order chi connectivity index (χ1) is 9.59. The smallest absolute Gasteiger partial charge is 0.185 e. The molecule has 6 heteroatoms. The average molecular weight is 292 g/mol. The Labute approximate surface area is 121 Å². The van der Waals surface area contributed by atoms with Crippen LogP contribution < -0.4 is 0 Å². The number of nitrogens with zero attached hydrogens (tertiary/aromatic N) is 1. The lowest BCUT2D eigenvalue weighted by atomic mass is 10.0. The van der Waals surface area contributed by atoms with Gasteiger partial charge in [0.15, 0.2) is 5.12 Å². The van der Waals surface area contributed by atoms with Crippen molar-refractivity contribution in [3.63, 3.8) is 0 Å². The average Bonchev–Trinajstić information content (AvgIpc) is 2.94. The number of aliphatic hydroxyl groups is 2. The largest absolute Gasteiger partial charge is 0.389 e. The second-order valence-electron chi connectivity index (χ2n) is 4.38. The molecule has 2 atom stereocenters. The predicted molar refractivity (Wildman–Crippen MR) is 78.1 cm³/mol. The van der Waals surface area contributed by atoms with Crippen molar-refractivity contribution in [1.82, 2.24) is 10.2 Å². The number of hydrogen-bond donors (Lipinski definition) is 3. The number of thioether (sulfide) groups is 1. The lowest BCUT2D eigenvalue weighted by Crippen LogP contribution is -2.21. The van der Waals surface area contributed by atoms with Crippen LogP contribution in [0.15, 0.2) is 36.5 Å². The highest BCUT2D eigenvalue weighted by molar-refractivity contribution is 8.13. The molecular formula is C14H16N2O3S. The van der Waals surface area contributed by atoms with Crippen LogP contribution in [0.5, 0.6) is 0 Å². The number of carbonyl (C=O) groups is 1. The lowest BCUT2D eigenvalue weighted by Gasteiger charge is -2.17. The first kappa shape index (κ1) is 14.8. The second kappa shape index (κ2) is 6.69. The topological polar surface area (TPSA) is 86.2 Å². The highest BCUT2D eigenvalue weighted by Crippen LogP contribution is 2.28. The Bertz CT molecular complexity index is 571. The molecular weight excluding hydrogens is 276 g/mol. The molecule has 1 heterocycles. The van der Waals surface area contributed by atoms with Crippen molar-refractivity contribution in [1.29, 1.82) is 0 Å². The van der Waals surface area contributed by atoms with Crippen molar-refractivity contribution in [2.24, 2.45) is 0 Å². The fourth-order valence-corrected chi connectivity index (χ4v) is 2.44. The van der Waals surface area contributed by atoms with Crippen molar-refractivity contribution in [3.05, 3.63) is 42.1 Å². The molecule has 0 aliphatic carbocycles. The van der Waals surface area contributed by atoms with Crippen molar-refractivity contribution < 1.29 is 15.0 Å². The summed E-state index contributed by atoms with van der Waals surface area (Å²) in [7, 11) is 0. The monoisotopic (exact) mass is 292 g/mol. The van der Waals surface area contributed by atoms with Crippen LogP contribution >= 0.6 is 11.8 Å². The third-order valence-electron chi connectivity index (χ3n) is 2.87. The molecule has 1 aromatic heterocycles. The lowest BCUT2D eigenvalue weighted by molar-refractivity contribution is -0.109. The van der Waals surface area contributed by atoms with E-state index < -0.39 is 12.2 Å². The van der Waals surface area contributed by atoms with E-state index in [4.69, 9.17) is 0 Å². The predicted octanol–water partition coefficient (Wildman–Crippen LogP) is 1.75. The quantitative estimate of drug-likeness (QED) is 0.781. The van der Waals surface area contributed by atoms with Crippen molar-refractivity contribution >= 4 is 16.9 Å². The zero-order chi connectivity index (χ0) is 14.5. The van der Waals surface area contributed by atoms with Gasteiger partial charge in [0.2, 0.25) is 0 Å². The summed E-state index contributed by atoms with van der Waals surface area (Å²) >= 11 is 0.987. The van der Waals surface area contributed by atoms with Gasteiger partial charge in [0.1, 0.15) is 6.10 Å². The van der Waals surface area contributed by atoms with Crippen molar-refractivity contribution in [2.75, 3.05) is 5.75 Å². The Morgan fingerprint density at radius 1 is 1.35 bits per heavy atom. The minimum Gasteiger partial charge on any atom is -0.389 e. The summed E-state index contributed by atoms with van der Waals surface area (Å²) in [6, 6.07) is 9.44. The Morgan fingerprint density at radius 3 is 2.70 bits per heavy atom. The molecule has 2 aromatic rings. The number of aromatic nitrogens is 2. The third-order valence-corrected chi connectivity index (χ3v) is 3.79. The number of H-pyrrole nitrogens is 1. The van der Waals surface area contributed by atoms with Gasteiger partial charge in [-0.15, -0.1) is 0 Å². The fourth-order valence-electron chi connectivity index (χ4n) is 1.86. The normalized spacial score (nSPS) is 13.9. The van der Waals surface area contributed by atoms with Crippen LogP contribution in [0.2, 0.25) is 0 Å². The number of carbonyl (C=O) groups excluding carboxylic acids is 1. The van der Waals surface area contributed by atoms with Gasteiger partial charge in [0.25, 0.3) is 0 Å². The number of benzene rings is 1. The molecule has 2 unspecified atom stereocenters. The summed E-state index contributed by atoms with van der Waals surface area (Å²) in [5.41, 5.74) is 2.07. The Morgan fingerprint density at radius 2 is 2.05 bits per heavy atom. The van der Waals surface area contributed by atoms with Gasteiger partial charge in [0.05, 0.1) is 18.0 Å². The molecule has 0 saturated heterocycles. The van der Waals surface area contributed by atoms with Crippen LogP contribution in [0, 0.1) is 0 Å². The molecule has 106 valence electrons. The van der Waals surface area contributed by atoms with Crippen LogP contribution in [0.4, 0.5) is 0 Å². The first-order valence-corrected chi connectivity index (χ1v) is 7.16. The fraction of sp³-hybridized carbons (Fsp3) is 0.286. The van der Waals surface area contributed by atoms with Crippen LogP contribution in [0.1, 0.15) is 18.6 Å². The summed E-state index contributed by atoms with van der Waals surface area (Å²) in [6.07, 6.45) is -0.617. The highest BCUT2D eigenvalue weighted by atomic mass is 32.2. The molecule has 0 radical (unpaired) electrons. The maximum absolute atomic E-state index is 10.9. The van der Waals surface area contributed by atoms with Gasteiger partial charge in [-0.05, 0) is 5.56 Å². The SMILES string of the molecule is CC(=O)SCC(O)C(O)c1cn[nH]c1-c1ccccc1. The zero-order valence-corrected chi connectivity index (χ0v) is 11.8. The van der Waals surface area contributed by atoms with Gasteiger partial charge < -0.3 is 10.2 Å². The Hall–Kier alpha value is -1.63. The van der Waals surface area contributed by atoms with E-state index in [-0.39, 0.29) is 10.9 Å². The van der Waals surface area contributed by atoms with E-state index in [1.807, 2.05) is 30.3 Å². The molecule has 20 heavy (non-hydrogen) atoms. The third kappa shape index (κ3) is 3.47. The second-order valence-corrected chi connectivity index (χ2v) is 5.58. The van der Waals surface area contributed by atoms with Gasteiger partial charge in [0, 0.05) is 18.2 Å². The van der Waals surface area contributed by atoms with Gasteiger partial charge in [-0.25, -0.2) is 0 Å². The minimum absolute atomic E-state index is 0.0910. The Kier molecular flexibility index (Phi) is 4.94. The van der Waals surface area contributed by atoms with E-state index in [0.717, 1.165) is 17.3 Å². The van der Waals surface area contributed by atoms with E-state index in [9.17, 15) is 15.0 Å². The van der Waals surface area contributed by atoms with E-state index in [1.54, 1.807) is 0 Å². The maximum Gasteiger partial charge on any atom is 0.185 e. The van der Waals surface area contributed by atoms with E-state index in [0.29, 0.717) is 11.3 Å². The summed E-state index contributed by atoms with van der Waals surface area (Å²) in [4.78, 5) is 10.9. The molecule has 2 rings (SSSR count). The summed E-state index contributed by atoms with van der Waals surface area (Å²) < 4.78 is 0. The minimum atomic E-state index is -1.09. The number of nitrogens with one attached hydrogen (secondary N) is 1. The maximum atomic E-state index is 10.9. The summed E-state index contributed by atoms with van der Waals surface area (Å²) in [5.74, 6) is 0.149. The molecule has 0 fully saturated rings. The summed E-state index contributed by atoms with van der Waals surface area (Å²) in [5, 5.41) is 26.8. The number of rotatable bonds is 5. The highest BCUT2D eigenvalue weighted by Gasteiger charge is 2.23. The van der Waals surface area contributed by atoms with E-state index in [1.165, 1.54) is 13.1 Å². The molecule has 3 N–H and O–H groups in total.